The van der Waals surface area contributed by atoms with Crippen LogP contribution in [0.25, 0.3) is 0 Å². The van der Waals surface area contributed by atoms with Crippen LogP contribution in [-0.4, -0.2) is 24.3 Å². The maximum Gasteiger partial charge on any atom is 0.0468 e. The molecule has 80 valence electrons. The van der Waals surface area contributed by atoms with Gasteiger partial charge < -0.3 is 10.4 Å². The van der Waals surface area contributed by atoms with E-state index in [0.29, 0.717) is 12.5 Å². The predicted molar refractivity (Wildman–Crippen MR) is 55.9 cm³/mol. The van der Waals surface area contributed by atoms with Crippen LogP contribution in [0.15, 0.2) is 0 Å². The Bertz CT molecular complexity index is 214. The monoisotopic (exact) mass is 195 g/mol. The van der Waals surface area contributed by atoms with Crippen molar-refractivity contribution >= 4 is 0 Å². The highest BCUT2D eigenvalue weighted by atomic mass is 16.3. The Morgan fingerprint density at radius 3 is 2.50 bits per heavy atom. The topological polar surface area (TPSA) is 32.3 Å². The molecule has 3 aliphatic rings. The lowest BCUT2D eigenvalue weighted by Crippen LogP contribution is -2.29. The number of hydrogen-bond donors (Lipinski definition) is 2. The molecule has 14 heavy (non-hydrogen) atoms. The SMILES string of the molecule is CC(CO)CNC1C2C3CCC(C3)C12. The molecule has 0 spiro atoms. The number of aliphatic hydroxyl groups excluding tert-OH is 1. The summed E-state index contributed by atoms with van der Waals surface area (Å²) < 4.78 is 0. The van der Waals surface area contributed by atoms with Crippen molar-refractivity contribution in [3.63, 3.8) is 0 Å². The maximum atomic E-state index is 8.95. The zero-order valence-electron chi connectivity index (χ0n) is 8.95. The first-order valence-electron chi connectivity index (χ1n) is 6.15. The molecule has 3 aliphatic carbocycles. The molecule has 5 unspecified atom stereocenters. The fraction of sp³-hybridized carbons (Fsp3) is 1.00. The molecule has 2 bridgehead atoms. The van der Waals surface area contributed by atoms with Gasteiger partial charge in [-0.05, 0) is 48.9 Å². The minimum Gasteiger partial charge on any atom is -0.396 e. The summed E-state index contributed by atoms with van der Waals surface area (Å²) in [6.07, 6.45) is 4.53. The van der Waals surface area contributed by atoms with Crippen LogP contribution >= 0.6 is 0 Å². The molecule has 2 heteroatoms. The molecule has 3 fully saturated rings. The minimum atomic E-state index is 0.321. The number of hydrogen-bond acceptors (Lipinski definition) is 2. The smallest absolute Gasteiger partial charge is 0.0468 e. The molecule has 0 amide bonds. The summed E-state index contributed by atoms with van der Waals surface area (Å²) in [6.45, 7) is 3.44. The van der Waals surface area contributed by atoms with Gasteiger partial charge in [0.15, 0.2) is 0 Å². The molecule has 0 saturated heterocycles. The van der Waals surface area contributed by atoms with Crippen LogP contribution in [0.2, 0.25) is 0 Å². The molecule has 2 nitrogen and oxygen atoms in total. The maximum absolute atomic E-state index is 8.95. The minimum absolute atomic E-state index is 0.321. The second kappa shape index (κ2) is 3.21. The van der Waals surface area contributed by atoms with E-state index in [4.69, 9.17) is 5.11 Å². The van der Waals surface area contributed by atoms with Crippen molar-refractivity contribution in [2.24, 2.45) is 29.6 Å². The van der Waals surface area contributed by atoms with Crippen molar-refractivity contribution in [1.82, 2.24) is 5.32 Å². The summed E-state index contributed by atoms with van der Waals surface area (Å²) in [5.41, 5.74) is 0. The average molecular weight is 195 g/mol. The first-order valence-corrected chi connectivity index (χ1v) is 6.15. The van der Waals surface area contributed by atoms with Crippen LogP contribution in [0.3, 0.4) is 0 Å². The lowest BCUT2D eigenvalue weighted by Gasteiger charge is -2.13. The van der Waals surface area contributed by atoms with Crippen molar-refractivity contribution < 1.29 is 5.11 Å². The Hall–Kier alpha value is -0.0800. The molecule has 3 saturated carbocycles. The predicted octanol–water partition coefficient (Wildman–Crippen LogP) is 1.25. The Morgan fingerprint density at radius 2 is 1.93 bits per heavy atom. The third kappa shape index (κ3) is 1.24. The summed E-state index contributed by atoms with van der Waals surface area (Å²) in [7, 11) is 0. The lowest BCUT2D eigenvalue weighted by atomic mass is 10.0. The summed E-state index contributed by atoms with van der Waals surface area (Å²) in [6, 6.07) is 0.829. The molecule has 0 aromatic heterocycles. The van der Waals surface area contributed by atoms with Gasteiger partial charge in [0.1, 0.15) is 0 Å². The van der Waals surface area contributed by atoms with Crippen molar-refractivity contribution in [3.8, 4) is 0 Å². The zero-order chi connectivity index (χ0) is 9.71. The molecule has 3 rings (SSSR count). The molecule has 0 aliphatic heterocycles. The van der Waals surface area contributed by atoms with Crippen LogP contribution in [0.4, 0.5) is 0 Å². The van der Waals surface area contributed by atoms with E-state index in [9.17, 15) is 0 Å². The Labute approximate surface area is 86.1 Å². The van der Waals surface area contributed by atoms with E-state index in [0.717, 1.165) is 36.3 Å². The molecule has 2 N–H and O–H groups in total. The molecule has 0 radical (unpaired) electrons. The fourth-order valence-corrected chi connectivity index (χ4v) is 4.00. The van der Waals surface area contributed by atoms with Gasteiger partial charge >= 0.3 is 0 Å². The third-order valence-corrected chi connectivity index (χ3v) is 4.75. The summed E-state index contributed by atoms with van der Waals surface area (Å²) in [4.78, 5) is 0. The van der Waals surface area contributed by atoms with E-state index in [1.165, 1.54) is 19.3 Å². The molecule has 0 aromatic rings. The van der Waals surface area contributed by atoms with Crippen molar-refractivity contribution in [1.29, 1.82) is 0 Å². The van der Waals surface area contributed by atoms with Gasteiger partial charge in [0.05, 0.1) is 0 Å². The van der Waals surface area contributed by atoms with Gasteiger partial charge in [0.25, 0.3) is 0 Å². The third-order valence-electron chi connectivity index (χ3n) is 4.75. The quantitative estimate of drug-likeness (QED) is 0.707. The molecule has 5 atom stereocenters. The van der Waals surface area contributed by atoms with E-state index in [2.05, 4.69) is 12.2 Å². The second-order valence-electron chi connectivity index (χ2n) is 5.71. The molecule has 0 heterocycles. The van der Waals surface area contributed by atoms with Gasteiger partial charge in [-0.1, -0.05) is 6.92 Å². The number of rotatable bonds is 4. The normalized spacial score (nSPS) is 50.6. The van der Waals surface area contributed by atoms with Crippen molar-refractivity contribution in [3.05, 3.63) is 0 Å². The largest absolute Gasteiger partial charge is 0.396 e. The number of aliphatic hydroxyl groups is 1. The second-order valence-corrected chi connectivity index (χ2v) is 5.71. The van der Waals surface area contributed by atoms with Gasteiger partial charge in [0, 0.05) is 19.2 Å². The van der Waals surface area contributed by atoms with Crippen LogP contribution in [0.1, 0.15) is 26.2 Å². The van der Waals surface area contributed by atoms with Crippen LogP contribution in [-0.2, 0) is 0 Å². The van der Waals surface area contributed by atoms with E-state index >= 15 is 0 Å². The number of nitrogens with one attached hydrogen (secondary N) is 1. The Kier molecular flexibility index (Phi) is 2.10. The highest BCUT2D eigenvalue weighted by Gasteiger charge is 2.64. The molecular formula is C12H21NO. The van der Waals surface area contributed by atoms with Gasteiger partial charge in [-0.2, -0.15) is 0 Å². The van der Waals surface area contributed by atoms with E-state index in [-0.39, 0.29) is 0 Å². The first kappa shape index (κ1) is 9.17. The summed E-state index contributed by atoms with van der Waals surface area (Å²) in [5, 5.41) is 12.6. The average Bonchev–Trinajstić information content (AvgIpc) is 2.60. The lowest BCUT2D eigenvalue weighted by molar-refractivity contribution is 0.231. The van der Waals surface area contributed by atoms with E-state index < -0.39 is 0 Å². The van der Waals surface area contributed by atoms with Gasteiger partial charge in [-0.15, -0.1) is 0 Å². The highest BCUT2D eigenvalue weighted by Crippen LogP contribution is 2.65. The van der Waals surface area contributed by atoms with Gasteiger partial charge in [-0.25, -0.2) is 0 Å². The summed E-state index contributed by atoms with van der Waals surface area (Å²) in [5.74, 6) is 4.60. The molecular weight excluding hydrogens is 174 g/mol. The van der Waals surface area contributed by atoms with Crippen LogP contribution in [0.5, 0.6) is 0 Å². The standard InChI is InChI=1S/C12H21NO/c1-7(6-14)5-13-12-10-8-2-3-9(4-8)11(10)12/h7-14H,2-6H2,1H3. The highest BCUT2D eigenvalue weighted by molar-refractivity contribution is 5.16. The van der Waals surface area contributed by atoms with Crippen molar-refractivity contribution in [2.45, 2.75) is 32.2 Å². The van der Waals surface area contributed by atoms with E-state index in [1.54, 1.807) is 0 Å². The van der Waals surface area contributed by atoms with Crippen LogP contribution < -0.4 is 5.32 Å². The first-order chi connectivity index (χ1) is 6.81. The van der Waals surface area contributed by atoms with E-state index in [1.807, 2.05) is 0 Å². The Balaban J connectivity index is 1.50. The molecule has 0 aromatic carbocycles. The van der Waals surface area contributed by atoms with Gasteiger partial charge in [0.2, 0.25) is 0 Å². The fourth-order valence-electron chi connectivity index (χ4n) is 4.00. The van der Waals surface area contributed by atoms with Crippen molar-refractivity contribution in [2.75, 3.05) is 13.2 Å². The van der Waals surface area contributed by atoms with Gasteiger partial charge in [-0.3, -0.25) is 0 Å². The summed E-state index contributed by atoms with van der Waals surface area (Å²) >= 11 is 0. The number of fused-ring (bicyclic) bond motifs is 5. The Morgan fingerprint density at radius 1 is 1.29 bits per heavy atom. The zero-order valence-corrected chi connectivity index (χ0v) is 8.95. The van der Waals surface area contributed by atoms with Crippen LogP contribution in [0, 0.1) is 29.6 Å².